The van der Waals surface area contributed by atoms with Crippen LogP contribution in [0.3, 0.4) is 0 Å². The molecule has 1 N–H and O–H groups in total. The molecule has 0 aliphatic rings. The minimum Gasteiger partial charge on any atom is -0.365 e. The summed E-state index contributed by atoms with van der Waals surface area (Å²) >= 11 is 6.05. The zero-order chi connectivity index (χ0) is 13.0. The van der Waals surface area contributed by atoms with E-state index in [4.69, 9.17) is 11.6 Å². The van der Waals surface area contributed by atoms with Gasteiger partial charge in [-0.2, -0.15) is 5.26 Å². The molecule has 90 valence electrons. The highest BCUT2D eigenvalue weighted by Crippen LogP contribution is 2.25. The van der Waals surface area contributed by atoms with E-state index >= 15 is 0 Å². The number of nitrogens with zero attached hydrogens (tertiary/aromatic N) is 2. The van der Waals surface area contributed by atoms with Crippen molar-refractivity contribution in [1.29, 1.82) is 5.26 Å². The number of aromatic nitrogens is 1. The van der Waals surface area contributed by atoms with Crippen LogP contribution in [-0.2, 0) is 0 Å². The van der Waals surface area contributed by atoms with Crippen molar-refractivity contribution in [3.05, 3.63) is 58.9 Å². The van der Waals surface area contributed by atoms with Crippen LogP contribution >= 0.6 is 11.6 Å². The van der Waals surface area contributed by atoms with Gasteiger partial charge in [0.25, 0.3) is 0 Å². The van der Waals surface area contributed by atoms with Crippen LogP contribution in [0, 0.1) is 18.3 Å². The van der Waals surface area contributed by atoms with Crippen LogP contribution < -0.4 is 5.32 Å². The molecule has 1 heterocycles. The topological polar surface area (TPSA) is 48.7 Å². The summed E-state index contributed by atoms with van der Waals surface area (Å²) in [5.74, 6) is 0. The van der Waals surface area contributed by atoms with Gasteiger partial charge in [0.15, 0.2) is 0 Å². The average molecular weight is 258 g/mol. The predicted molar refractivity (Wildman–Crippen MR) is 72.4 cm³/mol. The molecule has 0 aliphatic carbocycles. The molecule has 0 saturated carbocycles. The Kier molecular flexibility index (Phi) is 3.81. The van der Waals surface area contributed by atoms with Crippen LogP contribution in [0.2, 0.25) is 5.02 Å². The number of halogens is 1. The first-order valence-corrected chi connectivity index (χ1v) is 5.92. The molecule has 1 atom stereocenters. The Labute approximate surface area is 111 Å². The molecule has 0 fully saturated rings. The molecule has 4 heteroatoms. The van der Waals surface area contributed by atoms with Gasteiger partial charge < -0.3 is 5.32 Å². The Hall–Kier alpha value is -2.05. The van der Waals surface area contributed by atoms with Gasteiger partial charge in [-0.05, 0) is 25.1 Å². The maximum atomic E-state index is 9.22. The highest BCUT2D eigenvalue weighted by atomic mass is 35.5. The lowest BCUT2D eigenvalue weighted by molar-refractivity contribution is 0.974. The van der Waals surface area contributed by atoms with E-state index < -0.39 is 6.04 Å². The molecular weight excluding hydrogens is 246 g/mol. The van der Waals surface area contributed by atoms with Gasteiger partial charge in [-0.25, -0.2) is 0 Å². The lowest BCUT2D eigenvalue weighted by Gasteiger charge is -2.14. The van der Waals surface area contributed by atoms with Crippen LogP contribution in [0.15, 0.2) is 42.6 Å². The largest absolute Gasteiger partial charge is 0.365 e. The maximum absolute atomic E-state index is 9.22. The molecule has 0 aliphatic heterocycles. The van der Waals surface area contributed by atoms with Crippen LogP contribution in [0.5, 0.6) is 0 Å². The zero-order valence-electron chi connectivity index (χ0n) is 9.89. The van der Waals surface area contributed by atoms with Crippen molar-refractivity contribution in [2.75, 3.05) is 5.32 Å². The number of benzene rings is 1. The molecule has 0 saturated heterocycles. The van der Waals surface area contributed by atoms with Gasteiger partial charge in [0.1, 0.15) is 6.04 Å². The lowest BCUT2D eigenvalue weighted by atomic mass is 10.1. The smallest absolute Gasteiger partial charge is 0.141 e. The van der Waals surface area contributed by atoms with Crippen molar-refractivity contribution in [3.8, 4) is 6.07 Å². The number of nitriles is 1. The van der Waals surface area contributed by atoms with E-state index in [1.807, 2.05) is 37.3 Å². The van der Waals surface area contributed by atoms with E-state index in [1.54, 1.807) is 12.3 Å². The SMILES string of the molecule is Cc1ccc(C(C#N)Nc2ccccc2Cl)cn1. The molecule has 0 radical (unpaired) electrons. The standard InChI is InChI=1S/C14H12ClN3/c1-10-6-7-11(9-17-10)14(8-16)18-13-5-3-2-4-12(13)15/h2-7,9,14,18H,1H3. The Balaban J connectivity index is 2.23. The zero-order valence-corrected chi connectivity index (χ0v) is 10.6. The van der Waals surface area contributed by atoms with Gasteiger partial charge >= 0.3 is 0 Å². The summed E-state index contributed by atoms with van der Waals surface area (Å²) in [5.41, 5.74) is 2.49. The number of hydrogen-bond acceptors (Lipinski definition) is 3. The van der Waals surface area contributed by atoms with Crippen LogP contribution in [0.25, 0.3) is 0 Å². The number of rotatable bonds is 3. The quantitative estimate of drug-likeness (QED) is 0.912. The molecule has 0 spiro atoms. The molecule has 2 rings (SSSR count). The first-order valence-electron chi connectivity index (χ1n) is 5.54. The summed E-state index contributed by atoms with van der Waals surface area (Å²) in [6.45, 7) is 1.91. The second kappa shape index (κ2) is 5.52. The minimum atomic E-state index is -0.460. The molecule has 18 heavy (non-hydrogen) atoms. The van der Waals surface area contributed by atoms with Gasteiger partial charge in [0.05, 0.1) is 16.8 Å². The van der Waals surface area contributed by atoms with E-state index in [0.29, 0.717) is 5.02 Å². The normalized spacial score (nSPS) is 11.6. The second-order valence-electron chi connectivity index (χ2n) is 3.92. The first-order chi connectivity index (χ1) is 8.70. The number of hydrogen-bond donors (Lipinski definition) is 1. The molecule has 0 amide bonds. The van der Waals surface area contributed by atoms with Gasteiger partial charge in [-0.15, -0.1) is 0 Å². The van der Waals surface area contributed by atoms with Gasteiger partial charge in [0, 0.05) is 17.5 Å². The van der Waals surface area contributed by atoms with Crippen molar-refractivity contribution in [3.63, 3.8) is 0 Å². The van der Waals surface area contributed by atoms with Crippen molar-refractivity contribution in [1.82, 2.24) is 4.98 Å². The third kappa shape index (κ3) is 2.79. The van der Waals surface area contributed by atoms with Crippen LogP contribution in [0.1, 0.15) is 17.3 Å². The van der Waals surface area contributed by atoms with E-state index in [2.05, 4.69) is 16.4 Å². The third-order valence-electron chi connectivity index (χ3n) is 2.57. The number of nitrogens with one attached hydrogen (secondary N) is 1. The molecule has 0 bridgehead atoms. The highest BCUT2D eigenvalue weighted by molar-refractivity contribution is 6.33. The summed E-state index contributed by atoms with van der Waals surface area (Å²) < 4.78 is 0. The maximum Gasteiger partial charge on any atom is 0.141 e. The van der Waals surface area contributed by atoms with Crippen molar-refractivity contribution < 1.29 is 0 Å². The van der Waals surface area contributed by atoms with Crippen LogP contribution in [-0.4, -0.2) is 4.98 Å². The van der Waals surface area contributed by atoms with Crippen molar-refractivity contribution in [2.45, 2.75) is 13.0 Å². The minimum absolute atomic E-state index is 0.460. The van der Waals surface area contributed by atoms with Crippen LogP contribution in [0.4, 0.5) is 5.69 Å². The number of aryl methyl sites for hydroxylation is 1. The number of para-hydroxylation sites is 1. The fourth-order valence-electron chi connectivity index (χ4n) is 1.57. The van der Waals surface area contributed by atoms with Crippen molar-refractivity contribution in [2.24, 2.45) is 0 Å². The Morgan fingerprint density at radius 3 is 2.67 bits per heavy atom. The molecule has 3 nitrogen and oxygen atoms in total. The second-order valence-corrected chi connectivity index (χ2v) is 4.33. The molecular formula is C14H12ClN3. The molecule has 1 unspecified atom stereocenters. The number of anilines is 1. The van der Waals surface area contributed by atoms with E-state index in [-0.39, 0.29) is 0 Å². The first kappa shape index (κ1) is 12.4. The summed E-state index contributed by atoms with van der Waals surface area (Å²) in [6.07, 6.45) is 1.70. The molecule has 2 aromatic rings. The van der Waals surface area contributed by atoms with E-state index in [9.17, 15) is 5.26 Å². The van der Waals surface area contributed by atoms with Gasteiger partial charge in [-0.3, -0.25) is 4.98 Å². The van der Waals surface area contributed by atoms with E-state index in [1.165, 1.54) is 0 Å². The lowest BCUT2D eigenvalue weighted by Crippen LogP contribution is -2.09. The number of pyridine rings is 1. The molecule has 1 aromatic carbocycles. The monoisotopic (exact) mass is 257 g/mol. The highest BCUT2D eigenvalue weighted by Gasteiger charge is 2.11. The summed E-state index contributed by atoms with van der Waals surface area (Å²) in [6, 6.07) is 12.9. The fraction of sp³-hybridized carbons (Fsp3) is 0.143. The summed E-state index contributed by atoms with van der Waals surface area (Å²) in [7, 11) is 0. The Bertz CT molecular complexity index is 572. The average Bonchev–Trinajstić information content (AvgIpc) is 2.39. The van der Waals surface area contributed by atoms with Gasteiger partial charge in [-0.1, -0.05) is 29.8 Å². The summed E-state index contributed by atoms with van der Waals surface area (Å²) in [5, 5.41) is 12.9. The molecule has 1 aromatic heterocycles. The fourth-order valence-corrected chi connectivity index (χ4v) is 1.76. The summed E-state index contributed by atoms with van der Waals surface area (Å²) in [4.78, 5) is 4.19. The van der Waals surface area contributed by atoms with Crippen molar-refractivity contribution >= 4 is 17.3 Å². The third-order valence-corrected chi connectivity index (χ3v) is 2.90. The Morgan fingerprint density at radius 1 is 1.28 bits per heavy atom. The van der Waals surface area contributed by atoms with Gasteiger partial charge in [0.2, 0.25) is 0 Å². The predicted octanol–water partition coefficient (Wildman–Crippen LogP) is 3.72. The Morgan fingerprint density at radius 2 is 2.06 bits per heavy atom. The van der Waals surface area contributed by atoms with E-state index in [0.717, 1.165) is 16.9 Å².